The number of carbonyl (C=O) groups is 1. The molecule has 1 fully saturated rings. The maximum Gasteiger partial charge on any atom is 0.269 e. The summed E-state index contributed by atoms with van der Waals surface area (Å²) in [5.41, 5.74) is 6.58. The van der Waals surface area contributed by atoms with Crippen LogP contribution in [-0.2, 0) is 6.54 Å². The van der Waals surface area contributed by atoms with Gasteiger partial charge in [0.2, 0.25) is 0 Å². The summed E-state index contributed by atoms with van der Waals surface area (Å²) < 4.78 is 13.8. The molecule has 0 saturated carbocycles. The number of nitrogens with one attached hydrogen (secondary N) is 2. The molecule has 0 aliphatic carbocycles. The van der Waals surface area contributed by atoms with Gasteiger partial charge in [0.25, 0.3) is 5.91 Å². The van der Waals surface area contributed by atoms with Crippen LogP contribution in [-0.4, -0.2) is 40.6 Å². The fourth-order valence-electron chi connectivity index (χ4n) is 3.11. The van der Waals surface area contributed by atoms with E-state index in [0.717, 1.165) is 31.5 Å². The number of aromatic nitrogens is 2. The van der Waals surface area contributed by atoms with Crippen LogP contribution in [0.3, 0.4) is 0 Å². The van der Waals surface area contributed by atoms with Crippen LogP contribution in [0.25, 0.3) is 0 Å². The first kappa shape index (κ1) is 16.4. The minimum Gasteiger partial charge on any atom is -0.382 e. The van der Waals surface area contributed by atoms with Crippen LogP contribution in [0.1, 0.15) is 28.9 Å². The summed E-state index contributed by atoms with van der Waals surface area (Å²) in [5.74, 6) is 0.291. The highest BCUT2D eigenvalue weighted by molar-refractivity contribution is 5.92. The molecule has 0 spiro atoms. The molecule has 1 aliphatic rings. The summed E-state index contributed by atoms with van der Waals surface area (Å²) >= 11 is 0. The molecule has 1 aromatic heterocycles. The molecular weight excluding hydrogens is 309 g/mol. The van der Waals surface area contributed by atoms with Crippen LogP contribution in [0.15, 0.2) is 30.3 Å². The smallest absolute Gasteiger partial charge is 0.269 e. The molecule has 1 amide bonds. The minimum absolute atomic E-state index is 0.162. The predicted octanol–water partition coefficient (Wildman–Crippen LogP) is 1.77. The first-order chi connectivity index (χ1) is 11.6. The zero-order chi connectivity index (χ0) is 16.9. The summed E-state index contributed by atoms with van der Waals surface area (Å²) in [6.45, 7) is 3.00. The molecule has 128 valence electrons. The van der Waals surface area contributed by atoms with E-state index in [1.807, 2.05) is 12.1 Å². The highest BCUT2D eigenvalue weighted by atomic mass is 19.1. The van der Waals surface area contributed by atoms with Crippen molar-refractivity contribution < 1.29 is 9.18 Å². The van der Waals surface area contributed by atoms with Crippen molar-refractivity contribution in [2.24, 2.45) is 5.92 Å². The van der Waals surface area contributed by atoms with Gasteiger partial charge in [-0.2, -0.15) is 5.10 Å². The average molecular weight is 331 g/mol. The van der Waals surface area contributed by atoms with Crippen molar-refractivity contribution >= 4 is 11.7 Å². The molecule has 2 heterocycles. The molecule has 7 heteroatoms. The van der Waals surface area contributed by atoms with Crippen molar-refractivity contribution in [3.63, 3.8) is 0 Å². The topological polar surface area (TPSA) is 87.0 Å². The quantitative estimate of drug-likeness (QED) is 0.779. The van der Waals surface area contributed by atoms with Crippen molar-refractivity contribution in [1.82, 2.24) is 20.4 Å². The Morgan fingerprint density at radius 2 is 2.29 bits per heavy atom. The summed E-state index contributed by atoms with van der Waals surface area (Å²) in [6, 6.07) is 8.39. The third-order valence-electron chi connectivity index (χ3n) is 4.35. The lowest BCUT2D eigenvalue weighted by molar-refractivity contribution is 0.0925. The van der Waals surface area contributed by atoms with E-state index in [1.54, 1.807) is 6.07 Å². The Bertz CT molecular complexity index is 702. The molecule has 4 N–H and O–H groups in total. The standard InChI is InChI=1S/C17H22FN5O/c18-14-6-2-1-5-13(14)11-23-7-3-4-12(10-23)9-20-17(24)15-8-16(19)22-21-15/h1-2,5-6,8,12H,3-4,7,9-11H2,(H,20,24)(H3,19,21,22)/t12-/m1/s1. The normalized spacial score (nSPS) is 18.5. The van der Waals surface area contributed by atoms with Crippen LogP contribution in [0.2, 0.25) is 0 Å². The lowest BCUT2D eigenvalue weighted by Gasteiger charge is -2.32. The Morgan fingerprint density at radius 3 is 3.04 bits per heavy atom. The number of nitrogens with zero attached hydrogens (tertiary/aromatic N) is 2. The van der Waals surface area contributed by atoms with Gasteiger partial charge in [-0.15, -0.1) is 0 Å². The van der Waals surface area contributed by atoms with E-state index in [1.165, 1.54) is 12.1 Å². The largest absolute Gasteiger partial charge is 0.382 e. The highest BCUT2D eigenvalue weighted by Gasteiger charge is 2.21. The van der Waals surface area contributed by atoms with E-state index < -0.39 is 0 Å². The zero-order valence-electron chi connectivity index (χ0n) is 13.5. The Hall–Kier alpha value is -2.41. The van der Waals surface area contributed by atoms with Crippen molar-refractivity contribution in [2.45, 2.75) is 19.4 Å². The SMILES string of the molecule is Nc1cc(C(=O)NC[C@H]2CCCN(Cc3ccccc3F)C2)[nH]n1. The summed E-state index contributed by atoms with van der Waals surface area (Å²) in [7, 11) is 0. The number of H-pyrrole nitrogens is 1. The molecule has 0 bridgehead atoms. The van der Waals surface area contributed by atoms with Gasteiger partial charge in [-0.3, -0.25) is 14.8 Å². The Balaban J connectivity index is 1.50. The van der Waals surface area contributed by atoms with Gasteiger partial charge in [-0.05, 0) is 31.4 Å². The molecule has 0 radical (unpaired) electrons. The van der Waals surface area contributed by atoms with Crippen LogP contribution in [0.5, 0.6) is 0 Å². The molecule has 6 nitrogen and oxygen atoms in total. The second kappa shape index (κ2) is 7.44. The number of nitrogen functional groups attached to an aromatic ring is 1. The van der Waals surface area contributed by atoms with E-state index in [-0.39, 0.29) is 11.7 Å². The van der Waals surface area contributed by atoms with Gasteiger partial charge in [-0.25, -0.2) is 4.39 Å². The molecule has 2 aromatic rings. The molecule has 1 saturated heterocycles. The van der Waals surface area contributed by atoms with Gasteiger partial charge in [0, 0.05) is 31.3 Å². The number of aromatic amines is 1. The minimum atomic E-state index is -0.203. The lowest BCUT2D eigenvalue weighted by Crippen LogP contribution is -2.40. The van der Waals surface area contributed by atoms with E-state index in [2.05, 4.69) is 20.4 Å². The Morgan fingerprint density at radius 1 is 1.46 bits per heavy atom. The van der Waals surface area contributed by atoms with Crippen LogP contribution in [0, 0.1) is 11.7 Å². The second-order valence-electron chi connectivity index (χ2n) is 6.25. The zero-order valence-corrected chi connectivity index (χ0v) is 13.5. The Kier molecular flexibility index (Phi) is 5.10. The van der Waals surface area contributed by atoms with Crippen molar-refractivity contribution in [2.75, 3.05) is 25.4 Å². The van der Waals surface area contributed by atoms with Gasteiger partial charge >= 0.3 is 0 Å². The average Bonchev–Trinajstić information content (AvgIpc) is 3.02. The third kappa shape index (κ3) is 4.11. The Labute approximate surface area is 140 Å². The van der Waals surface area contributed by atoms with Gasteiger partial charge in [0.1, 0.15) is 17.3 Å². The fraction of sp³-hybridized carbons (Fsp3) is 0.412. The maximum absolute atomic E-state index is 13.8. The molecular formula is C17H22FN5O. The maximum atomic E-state index is 13.8. The van der Waals surface area contributed by atoms with E-state index in [4.69, 9.17) is 5.73 Å². The monoisotopic (exact) mass is 331 g/mol. The lowest BCUT2D eigenvalue weighted by atomic mass is 9.97. The van der Waals surface area contributed by atoms with Crippen LogP contribution in [0.4, 0.5) is 10.2 Å². The number of hydrogen-bond acceptors (Lipinski definition) is 4. The number of rotatable bonds is 5. The number of anilines is 1. The number of nitrogens with two attached hydrogens (primary N) is 1. The first-order valence-electron chi connectivity index (χ1n) is 8.16. The van der Waals surface area contributed by atoms with E-state index >= 15 is 0 Å². The molecule has 3 rings (SSSR count). The van der Waals surface area contributed by atoms with Crippen molar-refractivity contribution in [3.8, 4) is 0 Å². The third-order valence-corrected chi connectivity index (χ3v) is 4.35. The number of benzene rings is 1. The van der Waals surface area contributed by atoms with E-state index in [9.17, 15) is 9.18 Å². The second-order valence-corrected chi connectivity index (χ2v) is 6.25. The number of carbonyl (C=O) groups excluding carboxylic acids is 1. The summed E-state index contributed by atoms with van der Waals surface area (Å²) in [6.07, 6.45) is 2.10. The number of amides is 1. The van der Waals surface area contributed by atoms with Gasteiger partial charge < -0.3 is 11.1 Å². The number of likely N-dealkylation sites (tertiary alicyclic amines) is 1. The first-order valence-corrected chi connectivity index (χ1v) is 8.16. The highest BCUT2D eigenvalue weighted by Crippen LogP contribution is 2.19. The van der Waals surface area contributed by atoms with E-state index in [0.29, 0.717) is 30.5 Å². The van der Waals surface area contributed by atoms with Crippen LogP contribution >= 0.6 is 0 Å². The molecule has 1 aromatic carbocycles. The van der Waals surface area contributed by atoms with Gasteiger partial charge in [0.05, 0.1) is 0 Å². The molecule has 1 atom stereocenters. The number of hydrogen-bond donors (Lipinski definition) is 3. The summed E-state index contributed by atoms with van der Waals surface area (Å²) in [5, 5.41) is 9.26. The summed E-state index contributed by atoms with van der Waals surface area (Å²) in [4.78, 5) is 14.3. The predicted molar refractivity (Wildman–Crippen MR) is 89.7 cm³/mol. The number of piperidine rings is 1. The van der Waals surface area contributed by atoms with Gasteiger partial charge in [0.15, 0.2) is 0 Å². The molecule has 1 aliphatic heterocycles. The van der Waals surface area contributed by atoms with Crippen LogP contribution < -0.4 is 11.1 Å². The molecule has 24 heavy (non-hydrogen) atoms. The fourth-order valence-corrected chi connectivity index (χ4v) is 3.11. The van der Waals surface area contributed by atoms with Gasteiger partial charge in [-0.1, -0.05) is 18.2 Å². The van der Waals surface area contributed by atoms with Crippen molar-refractivity contribution in [3.05, 3.63) is 47.4 Å². The molecule has 0 unspecified atom stereocenters. The number of halogens is 1. The van der Waals surface area contributed by atoms with Crippen molar-refractivity contribution in [1.29, 1.82) is 0 Å².